The maximum atomic E-state index is 12.3. The maximum absolute atomic E-state index is 12.3. The van der Waals surface area contributed by atoms with Crippen molar-refractivity contribution in [2.45, 2.75) is 39.5 Å². The first-order valence-electron chi connectivity index (χ1n) is 7.79. The van der Waals surface area contributed by atoms with Gasteiger partial charge in [-0.05, 0) is 30.7 Å². The molecule has 116 valence electrons. The van der Waals surface area contributed by atoms with Crippen LogP contribution >= 0.6 is 11.6 Å². The van der Waals surface area contributed by atoms with Gasteiger partial charge in [0.2, 0.25) is 0 Å². The minimum Gasteiger partial charge on any atom is -0.370 e. The molecule has 4 nitrogen and oxygen atoms in total. The van der Waals surface area contributed by atoms with Gasteiger partial charge in [0.15, 0.2) is 0 Å². The molecule has 1 aliphatic rings. The molecule has 1 fully saturated rings. The number of nitrogens with zero attached hydrogens (tertiary/aromatic N) is 1. The predicted octanol–water partition coefficient (Wildman–Crippen LogP) is 3.72. The van der Waals surface area contributed by atoms with Crippen molar-refractivity contribution in [3.05, 3.63) is 22.8 Å². The van der Waals surface area contributed by atoms with Gasteiger partial charge in [0.05, 0.1) is 10.6 Å². The average Bonchev–Trinajstić information content (AvgIpc) is 2.89. The molecular formula is C16H24ClN3O. The van der Waals surface area contributed by atoms with E-state index in [0.717, 1.165) is 19.5 Å². The quantitative estimate of drug-likeness (QED) is 0.842. The molecule has 0 aromatic carbocycles. The van der Waals surface area contributed by atoms with Crippen molar-refractivity contribution in [1.29, 1.82) is 0 Å². The summed E-state index contributed by atoms with van der Waals surface area (Å²) in [6.45, 7) is 5.90. The van der Waals surface area contributed by atoms with Gasteiger partial charge in [0.25, 0.3) is 5.91 Å². The van der Waals surface area contributed by atoms with Gasteiger partial charge >= 0.3 is 0 Å². The molecular weight excluding hydrogens is 286 g/mol. The van der Waals surface area contributed by atoms with Crippen LogP contribution in [0.1, 0.15) is 49.9 Å². The third-order valence-corrected chi connectivity index (χ3v) is 4.52. The maximum Gasteiger partial charge on any atom is 0.253 e. The third kappa shape index (κ3) is 4.34. The number of hydrogen-bond donors (Lipinski definition) is 2. The molecule has 1 aromatic rings. The number of amides is 1. The number of halogens is 1. The number of anilines is 1. The summed E-state index contributed by atoms with van der Waals surface area (Å²) in [6, 6.07) is 1.73. The van der Waals surface area contributed by atoms with Crippen LogP contribution in [0.3, 0.4) is 0 Å². The Balaban J connectivity index is 1.97. The second-order valence-corrected chi connectivity index (χ2v) is 6.26. The summed E-state index contributed by atoms with van der Waals surface area (Å²) in [5.74, 6) is 1.87. The summed E-state index contributed by atoms with van der Waals surface area (Å²) in [4.78, 5) is 16.5. The molecule has 0 bridgehead atoms. The molecule has 5 heteroatoms. The first-order valence-corrected chi connectivity index (χ1v) is 8.17. The summed E-state index contributed by atoms with van der Waals surface area (Å²) >= 11 is 6.10. The lowest BCUT2D eigenvalue weighted by Crippen LogP contribution is -2.30. The molecule has 2 rings (SSSR count). The molecule has 2 unspecified atom stereocenters. The van der Waals surface area contributed by atoms with Crippen molar-refractivity contribution in [3.63, 3.8) is 0 Å². The van der Waals surface area contributed by atoms with Gasteiger partial charge in [-0.1, -0.05) is 38.3 Å². The standard InChI is InChI=1S/C16H24ClN3O/c1-3-7-18-15-8-13(14(17)10-19-15)16(21)20-9-12-6-4-5-11(12)2/h8,10-12H,3-7,9H2,1-2H3,(H,18,19)(H,20,21). The van der Waals surface area contributed by atoms with Crippen LogP contribution in [-0.2, 0) is 0 Å². The molecule has 2 atom stereocenters. The summed E-state index contributed by atoms with van der Waals surface area (Å²) in [5, 5.41) is 6.59. The predicted molar refractivity (Wildman–Crippen MR) is 86.9 cm³/mol. The van der Waals surface area contributed by atoms with Crippen molar-refractivity contribution < 1.29 is 4.79 Å². The number of hydrogen-bond acceptors (Lipinski definition) is 3. The van der Waals surface area contributed by atoms with Gasteiger partial charge < -0.3 is 10.6 Å². The average molecular weight is 310 g/mol. The second kappa shape index (κ2) is 7.64. The Kier molecular flexibility index (Phi) is 5.85. The Morgan fingerprint density at radius 1 is 1.48 bits per heavy atom. The molecule has 1 saturated carbocycles. The van der Waals surface area contributed by atoms with E-state index in [1.54, 1.807) is 6.07 Å². The van der Waals surface area contributed by atoms with E-state index in [0.29, 0.717) is 28.2 Å². The zero-order valence-corrected chi connectivity index (χ0v) is 13.5. The molecule has 0 aliphatic heterocycles. The van der Waals surface area contributed by atoms with Crippen molar-refractivity contribution in [2.75, 3.05) is 18.4 Å². The largest absolute Gasteiger partial charge is 0.370 e. The van der Waals surface area contributed by atoms with Gasteiger partial charge in [0.1, 0.15) is 5.82 Å². The molecule has 0 radical (unpaired) electrons. The van der Waals surface area contributed by atoms with Crippen LogP contribution in [0.4, 0.5) is 5.82 Å². The molecule has 1 aromatic heterocycles. The molecule has 0 spiro atoms. The SMILES string of the molecule is CCCNc1cc(C(=O)NCC2CCCC2C)c(Cl)cn1. The van der Waals surface area contributed by atoms with Gasteiger partial charge in [0, 0.05) is 19.3 Å². The highest BCUT2D eigenvalue weighted by Crippen LogP contribution is 2.30. The van der Waals surface area contributed by atoms with E-state index < -0.39 is 0 Å². The molecule has 1 heterocycles. The number of aromatic nitrogens is 1. The minimum absolute atomic E-state index is 0.110. The molecule has 0 saturated heterocycles. The van der Waals surface area contributed by atoms with Crippen molar-refractivity contribution in [3.8, 4) is 0 Å². The van der Waals surface area contributed by atoms with Crippen LogP contribution < -0.4 is 10.6 Å². The fraction of sp³-hybridized carbons (Fsp3) is 0.625. The number of rotatable bonds is 6. The first kappa shape index (κ1) is 16.1. The van der Waals surface area contributed by atoms with Crippen molar-refractivity contribution in [2.24, 2.45) is 11.8 Å². The van der Waals surface area contributed by atoms with Gasteiger partial charge in [-0.25, -0.2) is 4.98 Å². The monoisotopic (exact) mass is 309 g/mol. The van der Waals surface area contributed by atoms with Crippen molar-refractivity contribution in [1.82, 2.24) is 10.3 Å². The lowest BCUT2D eigenvalue weighted by atomic mass is 9.98. The second-order valence-electron chi connectivity index (χ2n) is 5.85. The summed E-state index contributed by atoms with van der Waals surface area (Å²) in [6.07, 6.45) is 6.28. The van der Waals surface area contributed by atoms with Crippen LogP contribution in [0.5, 0.6) is 0 Å². The van der Waals surface area contributed by atoms with Gasteiger partial charge in [-0.3, -0.25) is 4.79 Å². The van der Waals surface area contributed by atoms with Gasteiger partial charge in [-0.15, -0.1) is 0 Å². The van der Waals surface area contributed by atoms with Crippen LogP contribution in [0.15, 0.2) is 12.3 Å². The highest BCUT2D eigenvalue weighted by Gasteiger charge is 2.24. The van der Waals surface area contributed by atoms with E-state index in [2.05, 4.69) is 29.5 Å². The summed E-state index contributed by atoms with van der Waals surface area (Å²) in [7, 11) is 0. The van der Waals surface area contributed by atoms with Crippen molar-refractivity contribution >= 4 is 23.3 Å². The summed E-state index contributed by atoms with van der Waals surface area (Å²) in [5.41, 5.74) is 0.496. The highest BCUT2D eigenvalue weighted by molar-refractivity contribution is 6.33. The van der Waals surface area contributed by atoms with E-state index in [4.69, 9.17) is 11.6 Å². The van der Waals surface area contributed by atoms with E-state index in [-0.39, 0.29) is 5.91 Å². The zero-order chi connectivity index (χ0) is 15.2. The molecule has 2 N–H and O–H groups in total. The Hall–Kier alpha value is -1.29. The number of carbonyl (C=O) groups is 1. The van der Waals surface area contributed by atoms with Crippen LogP contribution in [0.25, 0.3) is 0 Å². The Labute approximate surface area is 131 Å². The number of carbonyl (C=O) groups excluding carboxylic acids is 1. The smallest absolute Gasteiger partial charge is 0.253 e. The van der Waals surface area contributed by atoms with E-state index in [1.807, 2.05) is 0 Å². The summed E-state index contributed by atoms with van der Waals surface area (Å²) < 4.78 is 0. The lowest BCUT2D eigenvalue weighted by molar-refractivity contribution is 0.0944. The number of nitrogens with one attached hydrogen (secondary N) is 2. The van der Waals surface area contributed by atoms with Crippen LogP contribution in [0.2, 0.25) is 5.02 Å². The molecule has 21 heavy (non-hydrogen) atoms. The number of pyridine rings is 1. The van der Waals surface area contributed by atoms with E-state index >= 15 is 0 Å². The minimum atomic E-state index is -0.110. The van der Waals surface area contributed by atoms with Crippen LogP contribution in [0, 0.1) is 11.8 Å². The van der Waals surface area contributed by atoms with E-state index in [9.17, 15) is 4.79 Å². The molecule has 1 aliphatic carbocycles. The lowest BCUT2D eigenvalue weighted by Gasteiger charge is -2.16. The normalized spacial score (nSPS) is 21.3. The molecule has 1 amide bonds. The fourth-order valence-electron chi connectivity index (χ4n) is 2.81. The van der Waals surface area contributed by atoms with Crippen LogP contribution in [-0.4, -0.2) is 24.0 Å². The Morgan fingerprint density at radius 3 is 2.95 bits per heavy atom. The Bertz CT molecular complexity index is 492. The fourth-order valence-corrected chi connectivity index (χ4v) is 3.00. The highest BCUT2D eigenvalue weighted by atomic mass is 35.5. The first-order chi connectivity index (χ1) is 10.1. The zero-order valence-electron chi connectivity index (χ0n) is 12.8. The Morgan fingerprint density at radius 2 is 2.29 bits per heavy atom. The topological polar surface area (TPSA) is 54.0 Å². The van der Waals surface area contributed by atoms with Gasteiger partial charge in [-0.2, -0.15) is 0 Å². The third-order valence-electron chi connectivity index (χ3n) is 4.22. The van der Waals surface area contributed by atoms with E-state index in [1.165, 1.54) is 25.5 Å².